The predicted molar refractivity (Wildman–Crippen MR) is 72.2 cm³/mol. The second-order valence-electron chi connectivity index (χ2n) is 4.87. The van der Waals surface area contributed by atoms with Gasteiger partial charge in [0.05, 0.1) is 5.69 Å². The summed E-state index contributed by atoms with van der Waals surface area (Å²) >= 11 is 0. The van der Waals surface area contributed by atoms with Gasteiger partial charge >= 0.3 is 0 Å². The summed E-state index contributed by atoms with van der Waals surface area (Å²) in [5.74, 6) is 0.261. The van der Waals surface area contributed by atoms with Crippen LogP contribution in [0.4, 0.5) is 5.69 Å². The topological polar surface area (TPSA) is 58.6 Å². The van der Waals surface area contributed by atoms with E-state index in [9.17, 15) is 9.59 Å². The Morgan fingerprint density at radius 2 is 2.11 bits per heavy atom. The fourth-order valence-corrected chi connectivity index (χ4v) is 2.03. The summed E-state index contributed by atoms with van der Waals surface area (Å²) in [6.07, 6.45) is -0.568. The van der Waals surface area contributed by atoms with E-state index in [1.165, 1.54) is 4.90 Å². The lowest BCUT2D eigenvalue weighted by Gasteiger charge is -2.32. The first-order chi connectivity index (χ1) is 8.99. The molecule has 0 radical (unpaired) electrons. The highest BCUT2D eigenvalue weighted by Crippen LogP contribution is 2.33. The number of nitrogens with one attached hydrogen (secondary N) is 1. The second-order valence-corrected chi connectivity index (χ2v) is 4.87. The van der Waals surface area contributed by atoms with Crippen molar-refractivity contribution in [3.8, 4) is 5.75 Å². The molecule has 19 heavy (non-hydrogen) atoms. The normalized spacial score (nSPS) is 18.0. The molecule has 1 aliphatic rings. The molecular weight excluding hydrogens is 244 g/mol. The summed E-state index contributed by atoms with van der Waals surface area (Å²) in [7, 11) is 0. The Hall–Kier alpha value is -2.04. The number of fused-ring (bicyclic) bond motifs is 1. The summed E-state index contributed by atoms with van der Waals surface area (Å²) in [4.78, 5) is 25.4. The molecular formula is C14H18N2O3. The van der Waals surface area contributed by atoms with Gasteiger partial charge in [-0.15, -0.1) is 0 Å². The van der Waals surface area contributed by atoms with Crippen molar-refractivity contribution in [3.63, 3.8) is 0 Å². The number of rotatable bonds is 3. The molecule has 0 aromatic heterocycles. The fourth-order valence-electron chi connectivity index (χ4n) is 2.03. The van der Waals surface area contributed by atoms with Crippen molar-refractivity contribution < 1.29 is 14.3 Å². The molecule has 0 saturated heterocycles. The van der Waals surface area contributed by atoms with Crippen LogP contribution >= 0.6 is 0 Å². The lowest BCUT2D eigenvalue weighted by atomic mass is 10.2. The molecule has 1 N–H and O–H groups in total. The van der Waals surface area contributed by atoms with Crippen molar-refractivity contribution in [1.82, 2.24) is 5.32 Å². The largest absolute Gasteiger partial charge is 0.479 e. The van der Waals surface area contributed by atoms with Crippen LogP contribution in [0.5, 0.6) is 5.75 Å². The van der Waals surface area contributed by atoms with Gasteiger partial charge in [-0.1, -0.05) is 12.1 Å². The highest BCUT2D eigenvalue weighted by molar-refractivity contribution is 6.03. The molecule has 0 saturated carbocycles. The molecule has 0 spiro atoms. The molecule has 0 aliphatic carbocycles. The quantitative estimate of drug-likeness (QED) is 0.894. The molecule has 1 aliphatic heterocycles. The molecule has 2 amide bonds. The fraction of sp³-hybridized carbons (Fsp3) is 0.429. The molecule has 5 nitrogen and oxygen atoms in total. The Morgan fingerprint density at radius 3 is 2.79 bits per heavy atom. The van der Waals surface area contributed by atoms with Crippen molar-refractivity contribution in [3.05, 3.63) is 24.3 Å². The third-order valence-corrected chi connectivity index (χ3v) is 2.82. The number of para-hydroxylation sites is 2. The Balaban J connectivity index is 2.23. The third kappa shape index (κ3) is 2.86. The lowest BCUT2D eigenvalue weighted by molar-refractivity contribution is -0.128. The van der Waals surface area contributed by atoms with Gasteiger partial charge in [0.1, 0.15) is 12.3 Å². The minimum atomic E-state index is -0.568. The average Bonchev–Trinajstić information content (AvgIpc) is 2.34. The molecule has 0 bridgehead atoms. The molecule has 0 unspecified atom stereocenters. The lowest BCUT2D eigenvalue weighted by Crippen LogP contribution is -2.49. The van der Waals surface area contributed by atoms with E-state index >= 15 is 0 Å². The molecule has 102 valence electrons. The summed E-state index contributed by atoms with van der Waals surface area (Å²) in [6, 6.07) is 7.29. The van der Waals surface area contributed by atoms with E-state index in [0.717, 1.165) is 0 Å². The minimum absolute atomic E-state index is 0.0156. The van der Waals surface area contributed by atoms with Gasteiger partial charge in [0, 0.05) is 6.04 Å². The maximum atomic E-state index is 12.1. The molecule has 0 fully saturated rings. The van der Waals surface area contributed by atoms with Crippen molar-refractivity contribution in [1.29, 1.82) is 0 Å². The van der Waals surface area contributed by atoms with Crippen molar-refractivity contribution in [2.24, 2.45) is 0 Å². The van der Waals surface area contributed by atoms with E-state index in [-0.39, 0.29) is 24.4 Å². The van der Waals surface area contributed by atoms with Crippen LogP contribution in [0.25, 0.3) is 0 Å². The van der Waals surface area contributed by atoms with Gasteiger partial charge in [-0.3, -0.25) is 14.5 Å². The van der Waals surface area contributed by atoms with Gasteiger partial charge in [-0.2, -0.15) is 0 Å². The highest BCUT2D eigenvalue weighted by Gasteiger charge is 2.32. The molecule has 1 atom stereocenters. The molecule has 1 aromatic carbocycles. The summed E-state index contributed by atoms with van der Waals surface area (Å²) in [5.41, 5.74) is 0.643. The van der Waals surface area contributed by atoms with Crippen LogP contribution in [-0.2, 0) is 9.59 Å². The number of carbonyl (C=O) groups excluding carboxylic acids is 2. The van der Waals surface area contributed by atoms with E-state index in [0.29, 0.717) is 11.4 Å². The summed E-state index contributed by atoms with van der Waals surface area (Å²) in [5, 5.41) is 2.78. The number of hydrogen-bond donors (Lipinski definition) is 1. The first-order valence-corrected chi connectivity index (χ1v) is 6.35. The van der Waals surface area contributed by atoms with E-state index < -0.39 is 6.10 Å². The number of ether oxygens (including phenoxy) is 1. The maximum absolute atomic E-state index is 12.1. The van der Waals surface area contributed by atoms with Crippen LogP contribution in [0.2, 0.25) is 0 Å². The van der Waals surface area contributed by atoms with Gasteiger partial charge in [-0.25, -0.2) is 0 Å². The SMILES string of the molecule is CC(C)NC(=O)CN1C(=O)[C@H](C)Oc2ccccc21. The van der Waals surface area contributed by atoms with Crippen molar-refractivity contribution in [2.45, 2.75) is 32.9 Å². The zero-order valence-electron chi connectivity index (χ0n) is 11.3. The molecule has 1 aromatic rings. The highest BCUT2D eigenvalue weighted by atomic mass is 16.5. The number of nitrogens with zero attached hydrogens (tertiary/aromatic N) is 1. The van der Waals surface area contributed by atoms with E-state index in [1.54, 1.807) is 19.1 Å². The van der Waals surface area contributed by atoms with Crippen LogP contribution < -0.4 is 15.0 Å². The second kappa shape index (κ2) is 5.30. The number of anilines is 1. The van der Waals surface area contributed by atoms with Gasteiger partial charge in [0.2, 0.25) is 5.91 Å². The zero-order valence-corrected chi connectivity index (χ0v) is 11.3. The van der Waals surface area contributed by atoms with Crippen LogP contribution in [0.1, 0.15) is 20.8 Å². The zero-order chi connectivity index (χ0) is 14.0. The number of benzene rings is 1. The van der Waals surface area contributed by atoms with Crippen LogP contribution in [0.3, 0.4) is 0 Å². The van der Waals surface area contributed by atoms with Crippen molar-refractivity contribution in [2.75, 3.05) is 11.4 Å². The van der Waals surface area contributed by atoms with Crippen LogP contribution in [0, 0.1) is 0 Å². The standard InChI is InChI=1S/C14H18N2O3/c1-9(2)15-13(17)8-16-11-6-4-5-7-12(11)19-10(3)14(16)18/h4-7,9-10H,8H2,1-3H3,(H,15,17)/t10-/m0/s1. The minimum Gasteiger partial charge on any atom is -0.479 e. The van der Waals surface area contributed by atoms with Gasteiger partial charge in [0.25, 0.3) is 5.91 Å². The average molecular weight is 262 g/mol. The molecule has 5 heteroatoms. The van der Waals surface area contributed by atoms with Gasteiger partial charge in [0.15, 0.2) is 6.10 Å². The first kappa shape index (κ1) is 13.4. The maximum Gasteiger partial charge on any atom is 0.268 e. The number of amides is 2. The van der Waals surface area contributed by atoms with Crippen LogP contribution in [0.15, 0.2) is 24.3 Å². The Labute approximate surface area is 112 Å². The third-order valence-electron chi connectivity index (χ3n) is 2.82. The first-order valence-electron chi connectivity index (χ1n) is 6.35. The smallest absolute Gasteiger partial charge is 0.268 e. The number of hydrogen-bond acceptors (Lipinski definition) is 3. The van der Waals surface area contributed by atoms with Gasteiger partial charge < -0.3 is 10.1 Å². The van der Waals surface area contributed by atoms with E-state index in [1.807, 2.05) is 26.0 Å². The van der Waals surface area contributed by atoms with E-state index in [4.69, 9.17) is 4.74 Å². The molecule has 1 heterocycles. The number of carbonyl (C=O) groups is 2. The Morgan fingerprint density at radius 1 is 1.42 bits per heavy atom. The Kier molecular flexibility index (Phi) is 3.74. The summed E-state index contributed by atoms with van der Waals surface area (Å²) in [6.45, 7) is 5.47. The van der Waals surface area contributed by atoms with Crippen LogP contribution in [-0.4, -0.2) is 30.5 Å². The predicted octanol–water partition coefficient (Wildman–Crippen LogP) is 1.33. The van der Waals surface area contributed by atoms with Gasteiger partial charge in [-0.05, 0) is 32.9 Å². The molecule has 2 rings (SSSR count). The van der Waals surface area contributed by atoms with Crippen molar-refractivity contribution >= 4 is 17.5 Å². The monoisotopic (exact) mass is 262 g/mol. The van der Waals surface area contributed by atoms with E-state index in [2.05, 4.69) is 5.32 Å². The summed E-state index contributed by atoms with van der Waals surface area (Å²) < 4.78 is 5.51. The Bertz CT molecular complexity index is 499.